The molecule has 1 heterocycles. The minimum absolute atomic E-state index is 0.176. The highest BCUT2D eigenvalue weighted by molar-refractivity contribution is 6.09. The third-order valence-electron chi connectivity index (χ3n) is 3.16. The van der Waals surface area contributed by atoms with Gasteiger partial charge in [-0.3, -0.25) is 14.4 Å². The van der Waals surface area contributed by atoms with Gasteiger partial charge in [0, 0.05) is 22.6 Å². The molecule has 0 spiro atoms. The Bertz CT molecular complexity index is 637. The first kappa shape index (κ1) is 18.8. The van der Waals surface area contributed by atoms with Crippen LogP contribution in [0.3, 0.4) is 0 Å². The largest absolute Gasteiger partial charge is 0.322 e. The molecule has 0 aliphatic carbocycles. The summed E-state index contributed by atoms with van der Waals surface area (Å²) in [7, 11) is 0. The van der Waals surface area contributed by atoms with Gasteiger partial charge in [0.2, 0.25) is 11.8 Å². The number of carbonyl (C=O) groups excluding carboxylic acids is 3. The lowest BCUT2D eigenvalue weighted by atomic mass is 9.94. The Morgan fingerprint density at radius 1 is 0.913 bits per heavy atom. The Hall–Kier alpha value is -2.24. The van der Waals surface area contributed by atoms with Gasteiger partial charge in [-0.2, -0.15) is 0 Å². The molecule has 0 aliphatic rings. The standard InChI is InChI=1S/C17H25N3O3/c1-10(21)11-8-9-18-13(20-15(23)17(5,6)7)12(11)19-14(22)16(2,3)4/h8-9H,1-7H3,(H,19,22)(H,18,20,23). The van der Waals surface area contributed by atoms with E-state index < -0.39 is 10.8 Å². The predicted octanol–water partition coefficient (Wildman–Crippen LogP) is 3.25. The zero-order chi connectivity index (χ0) is 18.0. The predicted molar refractivity (Wildman–Crippen MR) is 90.4 cm³/mol. The number of hydrogen-bond donors (Lipinski definition) is 2. The summed E-state index contributed by atoms with van der Waals surface area (Å²) in [6.07, 6.45) is 1.43. The number of nitrogens with zero attached hydrogens (tertiary/aromatic N) is 1. The molecule has 0 saturated heterocycles. The minimum Gasteiger partial charge on any atom is -0.322 e. The quantitative estimate of drug-likeness (QED) is 0.837. The minimum atomic E-state index is -0.644. The van der Waals surface area contributed by atoms with Crippen LogP contribution in [0.15, 0.2) is 12.3 Å². The number of carbonyl (C=O) groups is 3. The summed E-state index contributed by atoms with van der Waals surface area (Å²) in [6.45, 7) is 12.0. The Morgan fingerprint density at radius 2 is 1.39 bits per heavy atom. The maximum Gasteiger partial charge on any atom is 0.230 e. The number of rotatable bonds is 3. The van der Waals surface area contributed by atoms with Crippen molar-refractivity contribution in [2.24, 2.45) is 10.8 Å². The van der Waals surface area contributed by atoms with E-state index in [0.29, 0.717) is 5.56 Å². The summed E-state index contributed by atoms with van der Waals surface area (Å²) in [5, 5.41) is 5.41. The molecular formula is C17H25N3O3. The van der Waals surface area contributed by atoms with Crippen molar-refractivity contribution in [2.75, 3.05) is 10.6 Å². The number of aromatic nitrogens is 1. The molecule has 126 valence electrons. The Balaban J connectivity index is 3.31. The fourth-order valence-electron chi connectivity index (χ4n) is 1.57. The van der Waals surface area contributed by atoms with Crippen molar-refractivity contribution in [3.63, 3.8) is 0 Å². The van der Waals surface area contributed by atoms with Crippen molar-refractivity contribution in [3.05, 3.63) is 17.8 Å². The van der Waals surface area contributed by atoms with Crippen molar-refractivity contribution in [3.8, 4) is 0 Å². The topological polar surface area (TPSA) is 88.2 Å². The third kappa shape index (κ3) is 4.87. The van der Waals surface area contributed by atoms with E-state index in [2.05, 4.69) is 15.6 Å². The zero-order valence-corrected chi connectivity index (χ0v) is 14.8. The van der Waals surface area contributed by atoms with Crippen molar-refractivity contribution < 1.29 is 14.4 Å². The van der Waals surface area contributed by atoms with Crippen LogP contribution in [0.1, 0.15) is 58.8 Å². The molecule has 0 fully saturated rings. The summed E-state index contributed by atoms with van der Waals surface area (Å²) in [4.78, 5) is 40.4. The first-order chi connectivity index (χ1) is 10.3. The van der Waals surface area contributed by atoms with E-state index in [9.17, 15) is 14.4 Å². The molecular weight excluding hydrogens is 294 g/mol. The van der Waals surface area contributed by atoms with Gasteiger partial charge < -0.3 is 10.6 Å². The molecule has 0 aromatic carbocycles. The number of pyridine rings is 1. The smallest absolute Gasteiger partial charge is 0.230 e. The molecule has 0 bridgehead atoms. The molecule has 0 saturated carbocycles. The fourth-order valence-corrected chi connectivity index (χ4v) is 1.57. The lowest BCUT2D eigenvalue weighted by molar-refractivity contribution is -0.124. The molecule has 1 rings (SSSR count). The highest BCUT2D eigenvalue weighted by Crippen LogP contribution is 2.28. The second-order valence-electron chi connectivity index (χ2n) is 7.55. The monoisotopic (exact) mass is 319 g/mol. The summed E-state index contributed by atoms with van der Waals surface area (Å²) in [5.74, 6) is -0.561. The van der Waals surface area contributed by atoms with Crippen LogP contribution in [0.25, 0.3) is 0 Å². The lowest BCUT2D eigenvalue weighted by Crippen LogP contribution is -2.31. The van der Waals surface area contributed by atoms with Crippen LogP contribution >= 0.6 is 0 Å². The van der Waals surface area contributed by atoms with Crippen molar-refractivity contribution in [1.82, 2.24) is 4.98 Å². The zero-order valence-electron chi connectivity index (χ0n) is 14.8. The van der Waals surface area contributed by atoms with Crippen LogP contribution in [-0.4, -0.2) is 22.6 Å². The van der Waals surface area contributed by atoms with Gasteiger partial charge in [0.05, 0.1) is 5.69 Å². The van der Waals surface area contributed by atoms with E-state index in [1.54, 1.807) is 41.5 Å². The highest BCUT2D eigenvalue weighted by Gasteiger charge is 2.27. The Kier molecular flexibility index (Phi) is 5.30. The van der Waals surface area contributed by atoms with Gasteiger partial charge in [0.25, 0.3) is 0 Å². The van der Waals surface area contributed by atoms with E-state index in [0.717, 1.165) is 0 Å². The molecule has 2 amide bonds. The molecule has 6 nitrogen and oxygen atoms in total. The normalized spacial score (nSPS) is 11.8. The van der Waals surface area contributed by atoms with Gasteiger partial charge in [0.15, 0.2) is 11.6 Å². The summed E-state index contributed by atoms with van der Waals surface area (Å²) in [6, 6.07) is 1.52. The highest BCUT2D eigenvalue weighted by atomic mass is 16.2. The van der Waals surface area contributed by atoms with Crippen molar-refractivity contribution in [1.29, 1.82) is 0 Å². The molecule has 1 aromatic rings. The number of hydrogen-bond acceptors (Lipinski definition) is 4. The van der Waals surface area contributed by atoms with Gasteiger partial charge in [-0.25, -0.2) is 4.98 Å². The SMILES string of the molecule is CC(=O)c1ccnc(NC(=O)C(C)(C)C)c1NC(=O)C(C)(C)C. The molecule has 0 atom stereocenters. The molecule has 2 N–H and O–H groups in total. The number of Topliss-reactive ketones (excluding diaryl/α,β-unsaturated/α-hetero) is 1. The van der Waals surface area contributed by atoms with Crippen molar-refractivity contribution in [2.45, 2.75) is 48.5 Å². The number of anilines is 2. The van der Waals surface area contributed by atoms with Crippen LogP contribution in [0.5, 0.6) is 0 Å². The Morgan fingerprint density at radius 3 is 1.83 bits per heavy atom. The summed E-state index contributed by atoms with van der Waals surface area (Å²) >= 11 is 0. The molecule has 6 heteroatoms. The second-order valence-corrected chi connectivity index (χ2v) is 7.55. The molecule has 0 aliphatic heterocycles. The summed E-state index contributed by atoms with van der Waals surface area (Å²) < 4.78 is 0. The molecule has 0 radical (unpaired) electrons. The average Bonchev–Trinajstić information content (AvgIpc) is 2.37. The van der Waals surface area contributed by atoms with E-state index in [1.807, 2.05) is 0 Å². The van der Waals surface area contributed by atoms with Gasteiger partial charge in [-0.15, -0.1) is 0 Å². The van der Waals surface area contributed by atoms with E-state index in [-0.39, 0.29) is 29.1 Å². The second kappa shape index (κ2) is 6.48. The van der Waals surface area contributed by atoms with E-state index in [4.69, 9.17) is 0 Å². The molecule has 1 aromatic heterocycles. The maximum absolute atomic E-state index is 12.3. The number of amides is 2. The van der Waals surface area contributed by atoms with Crippen LogP contribution < -0.4 is 10.6 Å². The van der Waals surface area contributed by atoms with Gasteiger partial charge in [-0.05, 0) is 13.0 Å². The van der Waals surface area contributed by atoms with Gasteiger partial charge in [-0.1, -0.05) is 41.5 Å². The Labute approximate surface area is 137 Å². The maximum atomic E-state index is 12.3. The van der Waals surface area contributed by atoms with E-state index >= 15 is 0 Å². The summed E-state index contributed by atoms with van der Waals surface area (Å²) in [5.41, 5.74) is -0.728. The first-order valence-corrected chi connectivity index (χ1v) is 7.47. The van der Waals surface area contributed by atoms with E-state index in [1.165, 1.54) is 19.2 Å². The molecule has 23 heavy (non-hydrogen) atoms. The lowest BCUT2D eigenvalue weighted by Gasteiger charge is -2.22. The number of nitrogens with one attached hydrogen (secondary N) is 2. The van der Waals surface area contributed by atoms with Crippen LogP contribution in [0.4, 0.5) is 11.5 Å². The first-order valence-electron chi connectivity index (χ1n) is 7.47. The number of ketones is 1. The van der Waals surface area contributed by atoms with Gasteiger partial charge in [0.1, 0.15) is 0 Å². The van der Waals surface area contributed by atoms with Crippen LogP contribution in [0.2, 0.25) is 0 Å². The fraction of sp³-hybridized carbons (Fsp3) is 0.529. The molecule has 0 unspecified atom stereocenters. The average molecular weight is 319 g/mol. The van der Waals surface area contributed by atoms with Crippen LogP contribution in [0, 0.1) is 10.8 Å². The van der Waals surface area contributed by atoms with Gasteiger partial charge >= 0.3 is 0 Å². The van der Waals surface area contributed by atoms with Crippen LogP contribution in [-0.2, 0) is 9.59 Å². The third-order valence-corrected chi connectivity index (χ3v) is 3.16. The van der Waals surface area contributed by atoms with Crippen molar-refractivity contribution >= 4 is 29.1 Å².